The Morgan fingerprint density at radius 1 is 1.25 bits per heavy atom. The van der Waals surface area contributed by atoms with Crippen molar-refractivity contribution < 1.29 is 9.59 Å². The fraction of sp³-hybridized carbons (Fsp3) is 0.455. The number of thioether (sulfide) groups is 1. The number of likely N-dealkylation sites (tertiary alicyclic amines) is 1. The Hall–Kier alpha value is -2.05. The van der Waals surface area contributed by atoms with Crippen LogP contribution in [0.4, 0.5) is 0 Å². The molecule has 5 nitrogen and oxygen atoms in total. The third-order valence-corrected chi connectivity index (χ3v) is 5.97. The van der Waals surface area contributed by atoms with Crippen molar-refractivity contribution in [3.05, 3.63) is 53.3 Å². The number of aryl methyl sites for hydroxylation is 1. The van der Waals surface area contributed by atoms with Crippen LogP contribution in [0, 0.1) is 12.8 Å². The van der Waals surface area contributed by atoms with E-state index in [4.69, 9.17) is 0 Å². The highest BCUT2D eigenvalue weighted by Crippen LogP contribution is 2.29. The van der Waals surface area contributed by atoms with Crippen molar-refractivity contribution in [3.63, 3.8) is 0 Å². The predicted octanol–water partition coefficient (Wildman–Crippen LogP) is 3.77. The summed E-state index contributed by atoms with van der Waals surface area (Å²) < 4.78 is 0. The van der Waals surface area contributed by atoms with Crippen LogP contribution in [0.1, 0.15) is 46.8 Å². The van der Waals surface area contributed by atoms with Crippen LogP contribution in [-0.2, 0) is 4.79 Å². The first-order valence-electron chi connectivity index (χ1n) is 9.67. The van der Waals surface area contributed by atoms with Gasteiger partial charge in [-0.15, -0.1) is 0 Å². The van der Waals surface area contributed by atoms with Gasteiger partial charge in [0.15, 0.2) is 10.9 Å². The first-order valence-corrected chi connectivity index (χ1v) is 10.9. The van der Waals surface area contributed by atoms with E-state index in [2.05, 4.69) is 21.9 Å². The van der Waals surface area contributed by atoms with Crippen LogP contribution in [0.15, 0.2) is 41.7 Å². The molecule has 1 aromatic carbocycles. The molecule has 1 saturated heterocycles. The summed E-state index contributed by atoms with van der Waals surface area (Å²) in [4.78, 5) is 37.1. The molecule has 0 saturated carbocycles. The summed E-state index contributed by atoms with van der Waals surface area (Å²) in [7, 11) is 2.08. The molecule has 0 spiro atoms. The Kier molecular flexibility index (Phi) is 6.97. The number of rotatable bonds is 7. The lowest BCUT2D eigenvalue weighted by Crippen LogP contribution is -2.34. The first-order chi connectivity index (χ1) is 13.5. The summed E-state index contributed by atoms with van der Waals surface area (Å²) >= 11 is 1.40. The van der Waals surface area contributed by atoms with E-state index in [0.29, 0.717) is 10.9 Å². The number of nitrogens with zero attached hydrogens (tertiary/aromatic N) is 3. The minimum absolute atomic E-state index is 0.0449. The molecular formula is C22H27N3O2S. The number of benzene rings is 1. The van der Waals surface area contributed by atoms with Gasteiger partial charge in [0.05, 0.1) is 5.92 Å². The predicted molar refractivity (Wildman–Crippen MR) is 112 cm³/mol. The molecule has 0 bridgehead atoms. The van der Waals surface area contributed by atoms with Crippen molar-refractivity contribution in [2.24, 2.45) is 5.92 Å². The van der Waals surface area contributed by atoms with Crippen molar-refractivity contribution in [1.82, 2.24) is 14.9 Å². The molecule has 1 unspecified atom stereocenters. The zero-order chi connectivity index (χ0) is 20.1. The van der Waals surface area contributed by atoms with Gasteiger partial charge in [-0.05, 0) is 57.8 Å². The van der Waals surface area contributed by atoms with Crippen LogP contribution in [0.5, 0.6) is 0 Å². The highest BCUT2D eigenvalue weighted by molar-refractivity contribution is 7.98. The van der Waals surface area contributed by atoms with Crippen molar-refractivity contribution in [2.45, 2.75) is 37.3 Å². The number of hydrogen-bond donors (Lipinski definition) is 0. The fourth-order valence-corrected chi connectivity index (χ4v) is 4.06. The van der Waals surface area contributed by atoms with E-state index < -0.39 is 5.92 Å². The molecule has 3 rings (SSSR count). The molecule has 1 fully saturated rings. The minimum atomic E-state index is -0.503. The number of carbonyl (C=O) groups excluding carboxylic acids is 2. The van der Waals surface area contributed by atoms with E-state index in [1.54, 1.807) is 12.3 Å². The highest BCUT2D eigenvalue weighted by atomic mass is 32.2. The highest BCUT2D eigenvalue weighted by Gasteiger charge is 2.30. The molecule has 28 heavy (non-hydrogen) atoms. The monoisotopic (exact) mass is 397 g/mol. The Bertz CT molecular complexity index is 847. The second kappa shape index (κ2) is 9.43. The van der Waals surface area contributed by atoms with Crippen LogP contribution in [0.3, 0.4) is 0 Å². The van der Waals surface area contributed by atoms with Gasteiger partial charge in [-0.1, -0.05) is 41.6 Å². The van der Waals surface area contributed by atoms with Gasteiger partial charge in [-0.25, -0.2) is 9.97 Å². The molecule has 1 aliphatic rings. The van der Waals surface area contributed by atoms with Crippen LogP contribution >= 0.6 is 11.8 Å². The van der Waals surface area contributed by atoms with Crippen molar-refractivity contribution in [3.8, 4) is 0 Å². The average molecular weight is 398 g/mol. The van der Waals surface area contributed by atoms with E-state index in [1.165, 1.54) is 11.8 Å². The third-order valence-electron chi connectivity index (χ3n) is 5.41. The summed E-state index contributed by atoms with van der Waals surface area (Å²) in [6, 6.07) is 9.53. The lowest BCUT2D eigenvalue weighted by molar-refractivity contribution is -0.124. The summed E-state index contributed by atoms with van der Waals surface area (Å²) in [5, 5.41) is 0.565. The van der Waals surface area contributed by atoms with Crippen LogP contribution in [0.25, 0.3) is 0 Å². The Morgan fingerprint density at radius 3 is 2.68 bits per heavy atom. The number of Topliss-reactive ketones (excluding diaryl/α,β-unsaturated/α-hetero) is 2. The summed E-state index contributed by atoms with van der Waals surface area (Å²) in [6.07, 6.45) is 5.46. The largest absolute Gasteiger partial charge is 0.306 e. The molecule has 2 heterocycles. The lowest BCUT2D eigenvalue weighted by atomic mass is 9.82. The Balaban J connectivity index is 1.86. The number of hydrogen-bond acceptors (Lipinski definition) is 6. The smallest absolute Gasteiger partial charge is 0.189 e. The van der Waals surface area contributed by atoms with E-state index in [0.717, 1.165) is 37.1 Å². The molecule has 0 amide bonds. The molecule has 0 radical (unpaired) electrons. The van der Waals surface area contributed by atoms with Crippen molar-refractivity contribution in [1.29, 1.82) is 0 Å². The van der Waals surface area contributed by atoms with E-state index in [-0.39, 0.29) is 23.9 Å². The van der Waals surface area contributed by atoms with E-state index in [9.17, 15) is 9.59 Å². The van der Waals surface area contributed by atoms with Crippen LogP contribution in [-0.4, -0.2) is 52.8 Å². The van der Waals surface area contributed by atoms with Crippen LogP contribution in [0.2, 0.25) is 0 Å². The molecule has 6 heteroatoms. The standard InChI is InChI=1S/C22H27N3O2S/c1-15-5-4-6-17(13-15)18(14-20(26)16-8-11-25(2)12-9-16)21(27)19-7-10-23-22(24-19)28-3/h4-7,10,13,16,18H,8-9,11-12,14H2,1-3H3. The van der Waals surface area contributed by atoms with Gasteiger partial charge in [-0.2, -0.15) is 0 Å². The minimum Gasteiger partial charge on any atom is -0.306 e. The number of piperidine rings is 1. The van der Waals surface area contributed by atoms with E-state index in [1.807, 2.05) is 37.4 Å². The maximum atomic E-state index is 13.3. The molecule has 0 N–H and O–H groups in total. The quantitative estimate of drug-likeness (QED) is 0.403. The Labute approximate surface area is 171 Å². The zero-order valence-electron chi connectivity index (χ0n) is 16.7. The molecule has 2 aromatic rings. The lowest BCUT2D eigenvalue weighted by Gasteiger charge is -2.29. The topological polar surface area (TPSA) is 63.2 Å². The molecule has 148 valence electrons. The summed E-state index contributed by atoms with van der Waals surface area (Å²) in [6.45, 7) is 3.87. The van der Waals surface area contributed by atoms with Gasteiger partial charge >= 0.3 is 0 Å². The van der Waals surface area contributed by atoms with Crippen LogP contribution < -0.4 is 0 Å². The van der Waals surface area contributed by atoms with Gasteiger partial charge in [-0.3, -0.25) is 9.59 Å². The van der Waals surface area contributed by atoms with Crippen molar-refractivity contribution in [2.75, 3.05) is 26.4 Å². The van der Waals surface area contributed by atoms with Crippen molar-refractivity contribution >= 4 is 23.3 Å². The molecule has 1 atom stereocenters. The molecule has 1 aliphatic heterocycles. The first kappa shape index (κ1) is 20.7. The molecular weight excluding hydrogens is 370 g/mol. The maximum Gasteiger partial charge on any atom is 0.189 e. The van der Waals surface area contributed by atoms with Gasteiger partial charge in [0.1, 0.15) is 11.5 Å². The Morgan fingerprint density at radius 2 is 2.00 bits per heavy atom. The second-order valence-electron chi connectivity index (χ2n) is 7.51. The van der Waals surface area contributed by atoms with Gasteiger partial charge in [0.25, 0.3) is 0 Å². The third kappa shape index (κ3) is 5.06. The van der Waals surface area contributed by atoms with Gasteiger partial charge < -0.3 is 4.90 Å². The SMILES string of the molecule is CSc1nccc(C(=O)C(CC(=O)C2CCN(C)CC2)c2cccc(C)c2)n1. The summed E-state index contributed by atoms with van der Waals surface area (Å²) in [5.74, 6) is -0.378. The van der Waals surface area contributed by atoms with E-state index >= 15 is 0 Å². The average Bonchev–Trinajstić information content (AvgIpc) is 2.72. The normalized spacial score (nSPS) is 16.7. The fourth-order valence-electron chi connectivity index (χ4n) is 3.70. The zero-order valence-corrected chi connectivity index (χ0v) is 17.5. The van der Waals surface area contributed by atoms with Gasteiger partial charge in [0, 0.05) is 18.5 Å². The molecule has 0 aliphatic carbocycles. The number of ketones is 2. The maximum absolute atomic E-state index is 13.3. The molecule has 1 aromatic heterocycles. The van der Waals surface area contributed by atoms with Gasteiger partial charge in [0.2, 0.25) is 0 Å². The second-order valence-corrected chi connectivity index (χ2v) is 8.28. The summed E-state index contributed by atoms with van der Waals surface area (Å²) in [5.41, 5.74) is 2.34. The number of aromatic nitrogens is 2. The number of carbonyl (C=O) groups is 2.